The highest BCUT2D eigenvalue weighted by atomic mass is 32.1. The van der Waals surface area contributed by atoms with Crippen LogP contribution in [0.3, 0.4) is 0 Å². The van der Waals surface area contributed by atoms with Crippen LogP contribution in [0.2, 0.25) is 0 Å². The van der Waals surface area contributed by atoms with Crippen LogP contribution in [0, 0.1) is 5.92 Å². The Hall–Kier alpha value is -2.27. The third kappa shape index (κ3) is 5.60. The lowest BCUT2D eigenvalue weighted by Gasteiger charge is -2.33. The molecule has 0 bridgehead atoms. The van der Waals surface area contributed by atoms with Crippen molar-refractivity contribution in [1.29, 1.82) is 0 Å². The van der Waals surface area contributed by atoms with Gasteiger partial charge in [-0.25, -0.2) is 4.57 Å². The van der Waals surface area contributed by atoms with Gasteiger partial charge in [0.05, 0.1) is 0 Å². The average Bonchev–Trinajstić information content (AvgIpc) is 2.72. The smallest absolute Gasteiger partial charge is 0.223 e. The van der Waals surface area contributed by atoms with E-state index in [1.807, 2.05) is 24.0 Å². The molecule has 1 amide bonds. The Morgan fingerprint density at radius 3 is 2.30 bits per heavy atom. The topological polar surface area (TPSA) is 36.2 Å². The number of nitrogens with zero attached hydrogens (tertiary/aromatic N) is 2. The predicted octanol–water partition coefficient (Wildman–Crippen LogP) is 2.94. The van der Waals surface area contributed by atoms with Crippen LogP contribution in [0.4, 0.5) is 5.69 Å². The maximum atomic E-state index is 12.1. The zero-order valence-electron chi connectivity index (χ0n) is 15.8. The van der Waals surface area contributed by atoms with Crippen molar-refractivity contribution in [2.75, 3.05) is 30.3 Å². The van der Waals surface area contributed by atoms with Crippen LogP contribution in [0.15, 0.2) is 48.8 Å². The minimum atomic E-state index is 0.135. The quantitative estimate of drug-likeness (QED) is 0.595. The first-order chi connectivity index (χ1) is 13.2. The fourth-order valence-corrected chi connectivity index (χ4v) is 3.45. The number of anilines is 1. The first kappa shape index (κ1) is 19.5. The molecule has 0 unspecified atom stereocenters. The molecule has 5 heteroatoms. The Bertz CT molecular complexity index is 763. The summed E-state index contributed by atoms with van der Waals surface area (Å²) in [7, 11) is 2.02. The zero-order chi connectivity index (χ0) is 19.1. The van der Waals surface area contributed by atoms with E-state index in [2.05, 4.69) is 71.4 Å². The Labute approximate surface area is 167 Å². The standard InChI is InChI=1S/C22H27N3OS/c1-24-13-8-19(9-14-24)3-2-18-4-6-21(7-5-18)25-15-10-20(11-16-25)22(26)23-12-17-27/h2-9,13-14,20H,10-12,15-17H2,1H3,(H-,23,26,27)/p+1. The molecule has 0 radical (unpaired) electrons. The van der Waals surface area contributed by atoms with Crippen LogP contribution in [0.25, 0.3) is 12.2 Å². The molecule has 1 aliphatic rings. The molecule has 3 rings (SSSR count). The van der Waals surface area contributed by atoms with Crippen LogP contribution in [0.1, 0.15) is 24.0 Å². The molecule has 0 atom stereocenters. The van der Waals surface area contributed by atoms with Crippen molar-refractivity contribution in [3.8, 4) is 0 Å². The SMILES string of the molecule is C[n+]1ccc(/C=C/c2ccc(N3CCC(C(=O)NCCS)CC3)cc2)cc1. The van der Waals surface area contributed by atoms with Crippen molar-refractivity contribution >= 4 is 36.4 Å². The van der Waals surface area contributed by atoms with Crippen molar-refractivity contribution in [3.05, 3.63) is 59.9 Å². The molecular formula is C22H28N3OS+. The lowest BCUT2D eigenvalue weighted by atomic mass is 9.95. The number of hydrogen-bond donors (Lipinski definition) is 2. The maximum Gasteiger partial charge on any atom is 0.223 e. The number of nitrogens with one attached hydrogen (secondary N) is 1. The molecule has 2 aromatic rings. The fraction of sp³-hybridized carbons (Fsp3) is 0.364. The van der Waals surface area contributed by atoms with Gasteiger partial charge in [-0.3, -0.25) is 4.79 Å². The lowest BCUT2D eigenvalue weighted by Crippen LogP contribution is -2.41. The molecule has 1 aromatic heterocycles. The highest BCUT2D eigenvalue weighted by molar-refractivity contribution is 7.80. The van der Waals surface area contributed by atoms with Gasteiger partial charge in [-0.2, -0.15) is 12.6 Å². The van der Waals surface area contributed by atoms with E-state index < -0.39 is 0 Å². The number of pyridine rings is 1. The number of hydrogen-bond acceptors (Lipinski definition) is 3. The Balaban J connectivity index is 1.53. The highest BCUT2D eigenvalue weighted by Gasteiger charge is 2.24. The second-order valence-electron chi connectivity index (χ2n) is 7.00. The average molecular weight is 383 g/mol. The number of benzene rings is 1. The van der Waals surface area contributed by atoms with E-state index in [1.54, 1.807) is 0 Å². The van der Waals surface area contributed by atoms with E-state index in [-0.39, 0.29) is 11.8 Å². The number of aryl methyl sites for hydroxylation is 1. The lowest BCUT2D eigenvalue weighted by molar-refractivity contribution is -0.671. The van der Waals surface area contributed by atoms with Gasteiger partial charge in [0.15, 0.2) is 12.4 Å². The van der Waals surface area contributed by atoms with Gasteiger partial charge in [0.2, 0.25) is 5.91 Å². The summed E-state index contributed by atoms with van der Waals surface area (Å²) in [4.78, 5) is 14.4. The van der Waals surface area contributed by atoms with E-state index in [0.29, 0.717) is 12.3 Å². The van der Waals surface area contributed by atoms with Gasteiger partial charge >= 0.3 is 0 Å². The summed E-state index contributed by atoms with van der Waals surface area (Å²) in [6, 6.07) is 12.8. The van der Waals surface area contributed by atoms with Crippen LogP contribution < -0.4 is 14.8 Å². The normalized spacial score (nSPS) is 15.3. The molecule has 2 heterocycles. The minimum absolute atomic E-state index is 0.135. The number of rotatable bonds is 6. The first-order valence-corrected chi connectivity index (χ1v) is 10.2. The molecule has 1 fully saturated rings. The van der Waals surface area contributed by atoms with Crippen LogP contribution in [-0.2, 0) is 11.8 Å². The molecule has 0 spiro atoms. The molecule has 1 N–H and O–H groups in total. The summed E-state index contributed by atoms with van der Waals surface area (Å²) in [6.07, 6.45) is 10.2. The Morgan fingerprint density at radius 2 is 1.70 bits per heavy atom. The molecular weight excluding hydrogens is 354 g/mol. The van der Waals surface area contributed by atoms with Crippen molar-refractivity contribution in [2.24, 2.45) is 13.0 Å². The number of carbonyl (C=O) groups is 1. The Kier molecular flexibility index (Phi) is 6.93. The molecule has 0 aliphatic carbocycles. The summed E-state index contributed by atoms with van der Waals surface area (Å²) in [5.74, 6) is 1.00. The number of carbonyl (C=O) groups excluding carboxylic acids is 1. The van der Waals surface area contributed by atoms with E-state index in [0.717, 1.165) is 25.9 Å². The van der Waals surface area contributed by atoms with Gasteiger partial charge in [0.1, 0.15) is 7.05 Å². The summed E-state index contributed by atoms with van der Waals surface area (Å²) < 4.78 is 2.03. The summed E-state index contributed by atoms with van der Waals surface area (Å²) >= 11 is 4.14. The molecule has 142 valence electrons. The summed E-state index contributed by atoms with van der Waals surface area (Å²) in [6.45, 7) is 2.50. The van der Waals surface area contributed by atoms with E-state index in [1.165, 1.54) is 16.8 Å². The number of thiol groups is 1. The first-order valence-electron chi connectivity index (χ1n) is 9.52. The zero-order valence-corrected chi connectivity index (χ0v) is 16.7. The number of amides is 1. The van der Waals surface area contributed by atoms with E-state index in [9.17, 15) is 4.79 Å². The minimum Gasteiger partial charge on any atom is -0.371 e. The highest BCUT2D eigenvalue weighted by Crippen LogP contribution is 2.24. The number of aromatic nitrogens is 1. The fourth-order valence-electron chi connectivity index (χ4n) is 3.34. The molecule has 1 saturated heterocycles. The van der Waals surface area contributed by atoms with E-state index >= 15 is 0 Å². The second kappa shape index (κ2) is 9.60. The van der Waals surface area contributed by atoms with Crippen molar-refractivity contribution in [1.82, 2.24) is 5.32 Å². The van der Waals surface area contributed by atoms with Crippen molar-refractivity contribution < 1.29 is 9.36 Å². The van der Waals surface area contributed by atoms with Crippen molar-refractivity contribution in [3.63, 3.8) is 0 Å². The van der Waals surface area contributed by atoms with Gasteiger partial charge in [0.25, 0.3) is 0 Å². The summed E-state index contributed by atoms with van der Waals surface area (Å²) in [5, 5.41) is 2.95. The third-order valence-corrected chi connectivity index (χ3v) is 5.23. The van der Waals surface area contributed by atoms with Gasteiger partial charge < -0.3 is 10.2 Å². The molecule has 1 aliphatic heterocycles. The van der Waals surface area contributed by atoms with E-state index in [4.69, 9.17) is 0 Å². The molecule has 0 saturated carbocycles. The van der Waals surface area contributed by atoms with Gasteiger partial charge in [0, 0.05) is 49.1 Å². The van der Waals surface area contributed by atoms with Gasteiger partial charge in [-0.15, -0.1) is 0 Å². The summed E-state index contributed by atoms with van der Waals surface area (Å²) in [5.41, 5.74) is 3.61. The Morgan fingerprint density at radius 1 is 1.11 bits per heavy atom. The molecule has 4 nitrogen and oxygen atoms in total. The van der Waals surface area contributed by atoms with Crippen molar-refractivity contribution in [2.45, 2.75) is 12.8 Å². The van der Waals surface area contributed by atoms with Crippen LogP contribution in [-0.4, -0.2) is 31.3 Å². The van der Waals surface area contributed by atoms with Gasteiger partial charge in [-0.05, 0) is 36.1 Å². The molecule has 27 heavy (non-hydrogen) atoms. The predicted molar refractivity (Wildman–Crippen MR) is 115 cm³/mol. The monoisotopic (exact) mass is 382 g/mol. The molecule has 1 aromatic carbocycles. The van der Waals surface area contributed by atoms with Crippen LogP contribution >= 0.6 is 12.6 Å². The second-order valence-corrected chi connectivity index (χ2v) is 7.44. The van der Waals surface area contributed by atoms with Crippen LogP contribution in [0.5, 0.6) is 0 Å². The number of piperidine rings is 1. The third-order valence-electron chi connectivity index (χ3n) is 5.01. The maximum absolute atomic E-state index is 12.1. The largest absolute Gasteiger partial charge is 0.371 e. The van der Waals surface area contributed by atoms with Gasteiger partial charge in [-0.1, -0.05) is 24.3 Å².